The van der Waals surface area contributed by atoms with Crippen molar-refractivity contribution in [3.8, 4) is 0 Å². The van der Waals surface area contributed by atoms with Crippen LogP contribution in [0.5, 0.6) is 0 Å². The molecule has 0 spiro atoms. The monoisotopic (exact) mass is 330 g/mol. The van der Waals surface area contributed by atoms with E-state index in [1.54, 1.807) is 12.1 Å². The highest BCUT2D eigenvalue weighted by molar-refractivity contribution is 9.10. The first kappa shape index (κ1) is 12.8. The van der Waals surface area contributed by atoms with Gasteiger partial charge in [0.2, 0.25) is 0 Å². The van der Waals surface area contributed by atoms with Gasteiger partial charge in [-0.25, -0.2) is 4.98 Å². The van der Waals surface area contributed by atoms with Crippen molar-refractivity contribution in [2.24, 2.45) is 0 Å². The maximum atomic E-state index is 12.2. The van der Waals surface area contributed by atoms with Gasteiger partial charge in [-0.15, -0.1) is 0 Å². The molecule has 1 amide bonds. The van der Waals surface area contributed by atoms with Gasteiger partial charge in [-0.3, -0.25) is 9.89 Å². The molecule has 5 nitrogen and oxygen atoms in total. The van der Waals surface area contributed by atoms with Gasteiger partial charge in [-0.05, 0) is 37.3 Å². The number of carbonyl (C=O) groups excluding carboxylic acids is 1. The third-order valence-electron chi connectivity index (χ3n) is 2.88. The number of nitrogens with one attached hydrogen (secondary N) is 2. The summed E-state index contributed by atoms with van der Waals surface area (Å²) in [4.78, 5) is 16.5. The third-order valence-corrected chi connectivity index (χ3v) is 3.38. The molecule has 0 unspecified atom stereocenters. The molecular weight excluding hydrogens is 320 g/mol. The van der Waals surface area contributed by atoms with Crippen LogP contribution in [-0.2, 0) is 0 Å². The van der Waals surface area contributed by atoms with Crippen molar-refractivity contribution in [2.75, 3.05) is 5.32 Å². The van der Waals surface area contributed by atoms with E-state index in [4.69, 9.17) is 0 Å². The fourth-order valence-corrected chi connectivity index (χ4v) is 2.31. The number of fused-ring (bicyclic) bond motifs is 1. The molecule has 0 saturated carbocycles. The lowest BCUT2D eigenvalue weighted by Gasteiger charge is -2.03. The topological polar surface area (TPSA) is 70.7 Å². The molecule has 20 heavy (non-hydrogen) atoms. The van der Waals surface area contributed by atoms with Crippen LogP contribution in [0, 0.1) is 6.92 Å². The SMILES string of the molecule is Cc1ccc2c(NC(=O)c3cccc(Br)c3)n[nH]c2n1. The van der Waals surface area contributed by atoms with Gasteiger partial charge in [0.1, 0.15) is 0 Å². The van der Waals surface area contributed by atoms with Crippen LogP contribution in [0.25, 0.3) is 11.0 Å². The fourth-order valence-electron chi connectivity index (χ4n) is 1.91. The van der Waals surface area contributed by atoms with Gasteiger partial charge in [0.05, 0.1) is 5.39 Å². The summed E-state index contributed by atoms with van der Waals surface area (Å²) in [5.41, 5.74) is 2.12. The van der Waals surface area contributed by atoms with E-state index >= 15 is 0 Å². The fraction of sp³-hybridized carbons (Fsp3) is 0.0714. The van der Waals surface area contributed by atoms with E-state index in [2.05, 4.69) is 36.4 Å². The first-order chi connectivity index (χ1) is 9.63. The van der Waals surface area contributed by atoms with E-state index in [0.29, 0.717) is 17.0 Å². The molecule has 1 aromatic carbocycles. The van der Waals surface area contributed by atoms with E-state index in [1.807, 2.05) is 31.2 Å². The van der Waals surface area contributed by atoms with Crippen LogP contribution in [0.3, 0.4) is 0 Å². The minimum atomic E-state index is -0.208. The lowest BCUT2D eigenvalue weighted by atomic mass is 10.2. The molecule has 0 atom stereocenters. The molecule has 2 heterocycles. The zero-order valence-corrected chi connectivity index (χ0v) is 12.2. The molecule has 3 rings (SSSR count). The number of aromatic amines is 1. The van der Waals surface area contributed by atoms with Crippen molar-refractivity contribution < 1.29 is 4.79 Å². The number of aromatic nitrogens is 3. The van der Waals surface area contributed by atoms with Crippen molar-refractivity contribution in [1.82, 2.24) is 15.2 Å². The Morgan fingerprint density at radius 2 is 2.15 bits per heavy atom. The minimum Gasteiger partial charge on any atom is -0.305 e. The molecule has 2 N–H and O–H groups in total. The number of amides is 1. The van der Waals surface area contributed by atoms with E-state index in [1.165, 1.54) is 0 Å². The number of H-pyrrole nitrogens is 1. The average molecular weight is 331 g/mol. The summed E-state index contributed by atoms with van der Waals surface area (Å²) in [6.07, 6.45) is 0. The van der Waals surface area contributed by atoms with Crippen LogP contribution in [-0.4, -0.2) is 21.1 Å². The summed E-state index contributed by atoms with van der Waals surface area (Å²) in [5.74, 6) is 0.276. The predicted octanol–water partition coefficient (Wildman–Crippen LogP) is 3.28. The molecule has 0 aliphatic rings. The summed E-state index contributed by atoms with van der Waals surface area (Å²) < 4.78 is 0.856. The van der Waals surface area contributed by atoms with E-state index < -0.39 is 0 Å². The molecule has 0 aliphatic heterocycles. The summed E-state index contributed by atoms with van der Waals surface area (Å²) in [6.45, 7) is 1.90. The first-order valence-corrected chi connectivity index (χ1v) is 6.81. The van der Waals surface area contributed by atoms with E-state index in [-0.39, 0.29) is 5.91 Å². The molecule has 100 valence electrons. The van der Waals surface area contributed by atoms with Gasteiger partial charge in [0, 0.05) is 15.7 Å². The number of hydrogen-bond acceptors (Lipinski definition) is 3. The van der Waals surface area contributed by atoms with Gasteiger partial charge in [0.25, 0.3) is 5.91 Å². The molecule has 0 fully saturated rings. The highest BCUT2D eigenvalue weighted by Gasteiger charge is 2.12. The molecule has 0 saturated heterocycles. The lowest BCUT2D eigenvalue weighted by Crippen LogP contribution is -2.12. The Labute approximate surface area is 123 Å². The molecule has 0 bridgehead atoms. The normalized spacial score (nSPS) is 10.7. The zero-order chi connectivity index (χ0) is 14.1. The number of halogens is 1. The smallest absolute Gasteiger partial charge is 0.256 e. The summed E-state index contributed by atoms with van der Waals surface area (Å²) in [6, 6.07) is 11.0. The number of carbonyl (C=O) groups is 1. The summed E-state index contributed by atoms with van der Waals surface area (Å²) in [7, 11) is 0. The zero-order valence-electron chi connectivity index (χ0n) is 10.6. The van der Waals surface area contributed by atoms with Crippen molar-refractivity contribution in [3.63, 3.8) is 0 Å². The van der Waals surface area contributed by atoms with Crippen LogP contribution in [0.15, 0.2) is 40.9 Å². The lowest BCUT2D eigenvalue weighted by molar-refractivity contribution is 0.102. The maximum Gasteiger partial charge on any atom is 0.256 e. The van der Waals surface area contributed by atoms with Crippen LogP contribution in [0.4, 0.5) is 5.82 Å². The van der Waals surface area contributed by atoms with Crippen molar-refractivity contribution >= 4 is 38.7 Å². The highest BCUT2D eigenvalue weighted by Crippen LogP contribution is 2.20. The predicted molar refractivity (Wildman–Crippen MR) is 80.7 cm³/mol. The number of rotatable bonds is 2. The van der Waals surface area contributed by atoms with E-state index in [0.717, 1.165) is 15.6 Å². The largest absolute Gasteiger partial charge is 0.305 e. The van der Waals surface area contributed by atoms with Crippen LogP contribution >= 0.6 is 15.9 Å². The van der Waals surface area contributed by atoms with Gasteiger partial charge >= 0.3 is 0 Å². The second kappa shape index (κ2) is 5.05. The van der Waals surface area contributed by atoms with Gasteiger partial charge in [-0.1, -0.05) is 22.0 Å². The number of benzene rings is 1. The Kier molecular flexibility index (Phi) is 3.23. The molecular formula is C14H11BrN4O. The average Bonchev–Trinajstić information content (AvgIpc) is 2.81. The molecule has 2 aromatic heterocycles. The van der Waals surface area contributed by atoms with Crippen LogP contribution < -0.4 is 5.32 Å². The number of pyridine rings is 1. The Balaban J connectivity index is 1.91. The molecule has 0 aliphatic carbocycles. The molecule has 6 heteroatoms. The first-order valence-electron chi connectivity index (χ1n) is 6.02. The number of aryl methyl sites for hydroxylation is 1. The van der Waals surface area contributed by atoms with Gasteiger partial charge in [0.15, 0.2) is 11.5 Å². The molecule has 0 radical (unpaired) electrons. The third kappa shape index (κ3) is 2.42. The van der Waals surface area contributed by atoms with Crippen molar-refractivity contribution in [3.05, 3.63) is 52.1 Å². The van der Waals surface area contributed by atoms with E-state index in [9.17, 15) is 4.79 Å². The summed E-state index contributed by atoms with van der Waals surface area (Å²) >= 11 is 3.34. The number of hydrogen-bond donors (Lipinski definition) is 2. The Morgan fingerprint density at radius 3 is 2.95 bits per heavy atom. The highest BCUT2D eigenvalue weighted by atomic mass is 79.9. The Morgan fingerprint density at radius 1 is 1.30 bits per heavy atom. The van der Waals surface area contributed by atoms with Crippen molar-refractivity contribution in [2.45, 2.75) is 6.92 Å². The maximum absolute atomic E-state index is 12.2. The van der Waals surface area contributed by atoms with Gasteiger partial charge in [-0.2, -0.15) is 5.10 Å². The molecule has 3 aromatic rings. The number of nitrogens with zero attached hydrogens (tertiary/aromatic N) is 2. The standard InChI is InChI=1S/C14H11BrN4O/c1-8-5-6-11-12(16-8)18-19-13(11)17-14(20)9-3-2-4-10(15)7-9/h2-7H,1H3,(H2,16,17,18,19,20). The number of anilines is 1. The summed E-state index contributed by atoms with van der Waals surface area (Å²) in [5, 5.41) is 10.5. The second-order valence-corrected chi connectivity index (χ2v) is 5.30. The van der Waals surface area contributed by atoms with Crippen LogP contribution in [0.1, 0.15) is 16.1 Å². The minimum absolute atomic E-state index is 0.208. The quantitative estimate of drug-likeness (QED) is 0.757. The Hall–Kier alpha value is -2.21. The van der Waals surface area contributed by atoms with Crippen molar-refractivity contribution in [1.29, 1.82) is 0 Å². The Bertz CT molecular complexity index is 797. The van der Waals surface area contributed by atoms with Crippen LogP contribution in [0.2, 0.25) is 0 Å². The second-order valence-electron chi connectivity index (χ2n) is 4.39. The van der Waals surface area contributed by atoms with Gasteiger partial charge < -0.3 is 5.32 Å².